The second-order valence-electron chi connectivity index (χ2n) is 6.22. The molecule has 27 heavy (non-hydrogen) atoms. The second kappa shape index (κ2) is 8.24. The number of nitrogens with one attached hydrogen (secondary N) is 2. The maximum absolute atomic E-state index is 4.70. The molecule has 1 aliphatic rings. The highest BCUT2D eigenvalue weighted by molar-refractivity contribution is 7.80. The van der Waals surface area contributed by atoms with E-state index in [9.17, 15) is 0 Å². The van der Waals surface area contributed by atoms with Gasteiger partial charge >= 0.3 is 0 Å². The lowest BCUT2D eigenvalue weighted by Gasteiger charge is -2.20. The van der Waals surface area contributed by atoms with Crippen LogP contribution in [0.4, 0.5) is 11.5 Å². The molecule has 0 radical (unpaired) electrons. The lowest BCUT2D eigenvalue weighted by atomic mass is 10.0. The fourth-order valence-corrected chi connectivity index (χ4v) is 3.21. The number of benzene rings is 1. The zero-order chi connectivity index (χ0) is 18.5. The highest BCUT2D eigenvalue weighted by Gasteiger charge is 2.13. The molecule has 0 unspecified atom stereocenters. The Morgan fingerprint density at radius 1 is 1.07 bits per heavy atom. The van der Waals surface area contributed by atoms with Crippen molar-refractivity contribution in [1.29, 1.82) is 0 Å². The van der Waals surface area contributed by atoms with Crippen LogP contribution < -0.4 is 10.6 Å². The fraction of sp³-hybridized carbons (Fsp3) is 0.143. The minimum Gasteiger partial charge on any atom is -0.458 e. The molecule has 0 amide bonds. The average Bonchev–Trinajstić information content (AvgIpc) is 3.20. The smallest absolute Gasteiger partial charge is 0.156 e. The van der Waals surface area contributed by atoms with E-state index >= 15 is 0 Å². The Bertz CT molecular complexity index is 1030. The molecule has 4 aromatic rings. The van der Waals surface area contributed by atoms with Crippen molar-refractivity contribution in [3.8, 4) is 0 Å². The van der Waals surface area contributed by atoms with Crippen molar-refractivity contribution in [1.82, 2.24) is 15.3 Å². The number of para-hydroxylation sites is 1. The van der Waals surface area contributed by atoms with Gasteiger partial charge in [-0.15, -0.1) is 12.6 Å². The molecule has 136 valence electrons. The summed E-state index contributed by atoms with van der Waals surface area (Å²) in [7, 11) is 0. The van der Waals surface area contributed by atoms with Gasteiger partial charge in [-0.05, 0) is 48.9 Å². The van der Waals surface area contributed by atoms with Crippen molar-refractivity contribution in [3.63, 3.8) is 0 Å². The second-order valence-corrected chi connectivity index (χ2v) is 6.66. The Hall–Kier alpha value is -2.83. The number of nitrogens with zero attached hydrogens (tertiary/aromatic N) is 2. The van der Waals surface area contributed by atoms with Gasteiger partial charge in [-0.2, -0.15) is 0 Å². The first-order chi connectivity index (χ1) is 13.3. The summed E-state index contributed by atoms with van der Waals surface area (Å²) in [6.45, 7) is 1.92. The molecule has 0 saturated carbocycles. The number of pyridine rings is 2. The Kier molecular flexibility index (Phi) is 5.37. The summed E-state index contributed by atoms with van der Waals surface area (Å²) < 4.78 is 4.70. The van der Waals surface area contributed by atoms with Crippen molar-refractivity contribution in [3.05, 3.63) is 78.3 Å². The Morgan fingerprint density at radius 2 is 2.00 bits per heavy atom. The predicted molar refractivity (Wildman–Crippen MR) is 111 cm³/mol. The van der Waals surface area contributed by atoms with Crippen LogP contribution in [0.3, 0.4) is 0 Å². The standard InChI is InChI=1S/C17H16N4.C4H4OS/c1-2-4-16-12(3-1)9-14(11-20-16)21-17-15-6-7-18-10-13(15)5-8-19-17;6-4-2-1-3-5-4/h1-5,8-9,11,18H,6-7,10H2,(H,19,21);1-3,6H. The molecule has 3 aromatic heterocycles. The van der Waals surface area contributed by atoms with Crippen molar-refractivity contribution >= 4 is 35.0 Å². The molecular formula is C21H20N4OS. The van der Waals surface area contributed by atoms with Gasteiger partial charge in [-0.1, -0.05) is 18.2 Å². The molecule has 2 N–H and O–H groups in total. The van der Waals surface area contributed by atoms with Crippen LogP contribution in [0.5, 0.6) is 0 Å². The van der Waals surface area contributed by atoms with Gasteiger partial charge < -0.3 is 15.1 Å². The molecule has 1 aliphatic heterocycles. The fourth-order valence-electron chi connectivity index (χ4n) is 3.07. The summed E-state index contributed by atoms with van der Waals surface area (Å²) >= 11 is 3.87. The summed E-state index contributed by atoms with van der Waals surface area (Å²) in [6.07, 6.45) is 6.32. The maximum atomic E-state index is 4.70. The van der Waals surface area contributed by atoms with Crippen LogP contribution in [-0.4, -0.2) is 16.5 Å². The molecule has 0 fully saturated rings. The number of fused-ring (bicyclic) bond motifs is 2. The predicted octanol–water partition coefficient (Wildman–Crippen LogP) is 4.59. The summed E-state index contributed by atoms with van der Waals surface area (Å²) in [6, 6.07) is 15.9. The Morgan fingerprint density at radius 3 is 2.81 bits per heavy atom. The first-order valence-corrected chi connectivity index (χ1v) is 9.26. The van der Waals surface area contributed by atoms with Crippen molar-refractivity contribution in [2.75, 3.05) is 11.9 Å². The molecular weight excluding hydrogens is 356 g/mol. The Balaban J connectivity index is 0.000000257. The largest absolute Gasteiger partial charge is 0.458 e. The first kappa shape index (κ1) is 17.6. The topological polar surface area (TPSA) is 63.0 Å². The number of aromatic nitrogens is 2. The third kappa shape index (κ3) is 4.30. The molecule has 4 heterocycles. The van der Waals surface area contributed by atoms with Gasteiger partial charge in [-0.3, -0.25) is 4.98 Å². The minimum atomic E-state index is 0.662. The van der Waals surface area contributed by atoms with Crippen LogP contribution in [0, 0.1) is 0 Å². The molecule has 6 heteroatoms. The summed E-state index contributed by atoms with van der Waals surface area (Å²) in [4.78, 5) is 8.99. The molecule has 1 aromatic carbocycles. The molecule has 0 atom stereocenters. The SMILES string of the molecule is Sc1ccco1.c1ccc2ncc(Nc3nccc4c3CCNC4)cc2c1. The van der Waals surface area contributed by atoms with E-state index in [1.807, 2.05) is 30.6 Å². The zero-order valence-electron chi connectivity index (χ0n) is 14.7. The van der Waals surface area contributed by atoms with E-state index in [0.29, 0.717) is 5.09 Å². The van der Waals surface area contributed by atoms with Gasteiger partial charge in [0.25, 0.3) is 0 Å². The monoisotopic (exact) mass is 376 g/mol. The van der Waals surface area contributed by atoms with Gasteiger partial charge in [0.2, 0.25) is 0 Å². The molecule has 5 rings (SSSR count). The summed E-state index contributed by atoms with van der Waals surface area (Å²) in [5, 5.41) is 8.61. The summed E-state index contributed by atoms with van der Waals surface area (Å²) in [5.74, 6) is 0.950. The molecule has 0 spiro atoms. The summed E-state index contributed by atoms with van der Waals surface area (Å²) in [5.41, 5.74) is 4.63. The van der Waals surface area contributed by atoms with Crippen LogP contribution >= 0.6 is 12.6 Å². The van der Waals surface area contributed by atoms with Crippen LogP contribution in [0.2, 0.25) is 0 Å². The first-order valence-electron chi connectivity index (χ1n) is 8.81. The van der Waals surface area contributed by atoms with Gasteiger partial charge in [0.05, 0.1) is 23.7 Å². The van der Waals surface area contributed by atoms with Gasteiger partial charge in [0, 0.05) is 23.7 Å². The van der Waals surface area contributed by atoms with E-state index in [1.54, 1.807) is 18.4 Å². The molecule has 0 saturated heterocycles. The van der Waals surface area contributed by atoms with Crippen LogP contribution in [0.25, 0.3) is 10.9 Å². The maximum Gasteiger partial charge on any atom is 0.156 e. The number of hydrogen-bond acceptors (Lipinski definition) is 6. The van der Waals surface area contributed by atoms with E-state index in [4.69, 9.17) is 4.42 Å². The van der Waals surface area contributed by atoms with E-state index in [0.717, 1.165) is 41.9 Å². The number of anilines is 2. The van der Waals surface area contributed by atoms with Crippen molar-refractivity contribution < 1.29 is 4.42 Å². The van der Waals surface area contributed by atoms with E-state index in [2.05, 4.69) is 51.4 Å². The van der Waals surface area contributed by atoms with Crippen molar-refractivity contribution in [2.45, 2.75) is 18.1 Å². The van der Waals surface area contributed by atoms with E-state index in [1.165, 1.54) is 11.1 Å². The number of thiol groups is 1. The van der Waals surface area contributed by atoms with Gasteiger partial charge in [0.15, 0.2) is 5.09 Å². The Labute approximate surface area is 163 Å². The highest BCUT2D eigenvalue weighted by Crippen LogP contribution is 2.25. The van der Waals surface area contributed by atoms with Crippen LogP contribution in [0.15, 0.2) is 76.7 Å². The molecule has 0 bridgehead atoms. The molecule has 5 nitrogen and oxygen atoms in total. The third-order valence-corrected chi connectivity index (χ3v) is 4.63. The van der Waals surface area contributed by atoms with Crippen molar-refractivity contribution in [2.24, 2.45) is 0 Å². The van der Waals surface area contributed by atoms with E-state index in [-0.39, 0.29) is 0 Å². The number of furan rings is 1. The minimum absolute atomic E-state index is 0.662. The van der Waals surface area contributed by atoms with Crippen LogP contribution in [-0.2, 0) is 13.0 Å². The quantitative estimate of drug-likeness (QED) is 0.447. The lowest BCUT2D eigenvalue weighted by Crippen LogP contribution is -2.24. The van der Waals surface area contributed by atoms with Crippen LogP contribution in [0.1, 0.15) is 11.1 Å². The third-order valence-electron chi connectivity index (χ3n) is 4.38. The van der Waals surface area contributed by atoms with Gasteiger partial charge in [0.1, 0.15) is 5.82 Å². The average molecular weight is 376 g/mol. The highest BCUT2D eigenvalue weighted by atomic mass is 32.1. The molecule has 0 aliphatic carbocycles. The zero-order valence-corrected chi connectivity index (χ0v) is 15.6. The number of hydrogen-bond donors (Lipinski definition) is 3. The van der Waals surface area contributed by atoms with E-state index < -0.39 is 0 Å². The van der Waals surface area contributed by atoms with Gasteiger partial charge in [-0.25, -0.2) is 4.98 Å². The lowest BCUT2D eigenvalue weighted by molar-refractivity contribution is 0.476. The normalized spacial score (nSPS) is 12.8. The number of rotatable bonds is 2.